The highest BCUT2D eigenvalue weighted by Gasteiger charge is 2.42. The number of nitrogens with zero attached hydrogens (tertiary/aromatic N) is 2. The predicted octanol–water partition coefficient (Wildman–Crippen LogP) is 1.04. The lowest BCUT2D eigenvalue weighted by molar-refractivity contribution is -0.146. The molecule has 16 heavy (non-hydrogen) atoms. The first-order valence-corrected chi connectivity index (χ1v) is 7.49. The van der Waals surface area contributed by atoms with Gasteiger partial charge in [-0.1, -0.05) is 0 Å². The first kappa shape index (κ1) is 10.9. The van der Waals surface area contributed by atoms with E-state index in [9.17, 15) is 4.79 Å². The molecular weight excluding hydrogens is 220 g/mol. The summed E-state index contributed by atoms with van der Waals surface area (Å²) >= 11 is 1.91. The molecule has 0 spiro atoms. The molecule has 4 heteroatoms. The highest BCUT2D eigenvalue weighted by atomic mass is 32.2. The summed E-state index contributed by atoms with van der Waals surface area (Å²) < 4.78 is 0. The lowest BCUT2D eigenvalue weighted by Crippen LogP contribution is -2.63. The van der Waals surface area contributed by atoms with E-state index in [0.29, 0.717) is 23.9 Å². The molecule has 0 saturated carbocycles. The van der Waals surface area contributed by atoms with Crippen LogP contribution in [0.5, 0.6) is 0 Å². The number of hydrogen-bond acceptors (Lipinski definition) is 3. The quantitative estimate of drug-likeness (QED) is 0.684. The van der Waals surface area contributed by atoms with Gasteiger partial charge in [0.1, 0.15) is 0 Å². The molecule has 3 nitrogen and oxygen atoms in total. The average molecular weight is 240 g/mol. The molecule has 0 N–H and O–H groups in total. The van der Waals surface area contributed by atoms with Crippen molar-refractivity contribution in [1.29, 1.82) is 0 Å². The molecule has 2 bridgehead atoms. The molecule has 3 rings (SSSR count). The average Bonchev–Trinajstić information content (AvgIpc) is 2.12. The summed E-state index contributed by atoms with van der Waals surface area (Å²) in [5.41, 5.74) is 0. The van der Waals surface area contributed by atoms with Gasteiger partial charge in [0.2, 0.25) is 5.91 Å². The van der Waals surface area contributed by atoms with Crippen molar-refractivity contribution >= 4 is 17.7 Å². The fraction of sp³-hybridized carbons (Fsp3) is 0.917. The van der Waals surface area contributed by atoms with Gasteiger partial charge in [0.05, 0.1) is 5.92 Å². The van der Waals surface area contributed by atoms with Crippen LogP contribution in [-0.4, -0.2) is 59.4 Å². The second kappa shape index (κ2) is 4.22. The van der Waals surface area contributed by atoms with Crippen molar-refractivity contribution < 1.29 is 4.79 Å². The number of piperidine rings is 1. The van der Waals surface area contributed by atoms with Crippen LogP contribution in [0.4, 0.5) is 0 Å². The van der Waals surface area contributed by atoms with Gasteiger partial charge >= 0.3 is 0 Å². The number of piperazine rings is 1. The normalized spacial score (nSPS) is 35.9. The molecule has 0 aromatic rings. The molecule has 0 aromatic heterocycles. The Bertz CT molecular complexity index is 279. The Balaban J connectivity index is 1.75. The van der Waals surface area contributed by atoms with E-state index in [1.807, 2.05) is 11.8 Å². The molecule has 1 amide bonds. The zero-order valence-electron chi connectivity index (χ0n) is 9.89. The van der Waals surface area contributed by atoms with Crippen molar-refractivity contribution in [2.24, 2.45) is 5.92 Å². The number of likely N-dealkylation sites (N-methyl/N-ethyl adjacent to an activating group) is 1. The number of carbonyl (C=O) groups excluding carboxylic acids is 1. The number of fused-ring (bicyclic) bond motifs is 2. The molecule has 0 aliphatic carbocycles. The lowest BCUT2D eigenvalue weighted by Gasteiger charge is -2.51. The topological polar surface area (TPSA) is 23.6 Å². The standard InChI is InChI=1S/C12H20N2OS/c1-13-5-10-3-2-4-11(6-13)14(10)12(15)9-7-16-8-9/h9-11H,2-8H2,1H3. The third-order valence-corrected chi connectivity index (χ3v) is 5.42. The molecule has 3 fully saturated rings. The minimum absolute atomic E-state index is 0.344. The number of thioether (sulfide) groups is 1. The summed E-state index contributed by atoms with van der Waals surface area (Å²) in [6.45, 7) is 2.17. The van der Waals surface area contributed by atoms with Gasteiger partial charge in [0.15, 0.2) is 0 Å². The van der Waals surface area contributed by atoms with Crippen LogP contribution in [0.1, 0.15) is 19.3 Å². The molecule has 90 valence electrons. The molecular formula is C12H20N2OS. The Morgan fingerprint density at radius 3 is 2.31 bits per heavy atom. The van der Waals surface area contributed by atoms with Crippen LogP contribution in [0.15, 0.2) is 0 Å². The third-order valence-electron chi connectivity index (χ3n) is 4.15. The summed E-state index contributed by atoms with van der Waals surface area (Å²) in [5.74, 6) is 2.92. The van der Waals surface area contributed by atoms with E-state index in [4.69, 9.17) is 0 Å². The van der Waals surface area contributed by atoms with Crippen LogP contribution in [0.3, 0.4) is 0 Å². The van der Waals surface area contributed by atoms with Gasteiger partial charge in [0, 0.05) is 36.7 Å². The fourth-order valence-corrected chi connectivity index (χ4v) is 4.02. The molecule has 3 saturated heterocycles. The second-order valence-electron chi connectivity index (χ2n) is 5.44. The van der Waals surface area contributed by atoms with Crippen molar-refractivity contribution in [3.8, 4) is 0 Å². The second-order valence-corrected chi connectivity index (χ2v) is 6.51. The molecule has 0 aromatic carbocycles. The predicted molar refractivity (Wildman–Crippen MR) is 66.6 cm³/mol. The van der Waals surface area contributed by atoms with Crippen LogP contribution < -0.4 is 0 Å². The Morgan fingerprint density at radius 2 is 1.81 bits per heavy atom. The van der Waals surface area contributed by atoms with Gasteiger partial charge in [-0.05, 0) is 26.3 Å². The molecule has 3 aliphatic rings. The zero-order valence-corrected chi connectivity index (χ0v) is 10.7. The van der Waals surface area contributed by atoms with Gasteiger partial charge in [-0.3, -0.25) is 4.79 Å². The van der Waals surface area contributed by atoms with Crippen molar-refractivity contribution in [1.82, 2.24) is 9.80 Å². The monoisotopic (exact) mass is 240 g/mol. The third kappa shape index (κ3) is 1.76. The maximum atomic E-state index is 12.4. The smallest absolute Gasteiger partial charge is 0.227 e. The highest BCUT2D eigenvalue weighted by Crippen LogP contribution is 2.33. The largest absolute Gasteiger partial charge is 0.334 e. The van der Waals surface area contributed by atoms with Crippen molar-refractivity contribution in [2.75, 3.05) is 31.6 Å². The number of hydrogen-bond donors (Lipinski definition) is 0. The van der Waals surface area contributed by atoms with Crippen LogP contribution in [-0.2, 0) is 4.79 Å². The molecule has 2 unspecified atom stereocenters. The fourth-order valence-electron chi connectivity index (χ4n) is 3.27. The first-order valence-electron chi connectivity index (χ1n) is 6.34. The molecule has 3 heterocycles. The summed E-state index contributed by atoms with van der Waals surface area (Å²) in [6.07, 6.45) is 3.74. The van der Waals surface area contributed by atoms with Gasteiger partial charge in [-0.25, -0.2) is 0 Å². The van der Waals surface area contributed by atoms with Gasteiger partial charge in [0.25, 0.3) is 0 Å². The van der Waals surface area contributed by atoms with Crippen LogP contribution >= 0.6 is 11.8 Å². The Kier molecular flexibility index (Phi) is 2.88. The van der Waals surface area contributed by atoms with Crippen LogP contribution in [0, 0.1) is 5.92 Å². The van der Waals surface area contributed by atoms with E-state index in [-0.39, 0.29) is 0 Å². The Morgan fingerprint density at radius 1 is 1.19 bits per heavy atom. The van der Waals surface area contributed by atoms with Crippen molar-refractivity contribution in [3.05, 3.63) is 0 Å². The maximum absolute atomic E-state index is 12.4. The number of amides is 1. The van der Waals surface area contributed by atoms with E-state index < -0.39 is 0 Å². The van der Waals surface area contributed by atoms with Crippen LogP contribution in [0.25, 0.3) is 0 Å². The molecule has 2 atom stereocenters. The van der Waals surface area contributed by atoms with E-state index in [2.05, 4.69) is 16.8 Å². The van der Waals surface area contributed by atoms with E-state index in [1.54, 1.807) is 0 Å². The summed E-state index contributed by atoms with van der Waals surface area (Å²) in [6, 6.07) is 1.02. The number of rotatable bonds is 1. The first-order chi connectivity index (χ1) is 7.75. The summed E-state index contributed by atoms with van der Waals surface area (Å²) in [4.78, 5) is 17.0. The molecule has 3 aliphatic heterocycles. The highest BCUT2D eigenvalue weighted by molar-refractivity contribution is 8.00. The van der Waals surface area contributed by atoms with Gasteiger partial charge in [-0.15, -0.1) is 0 Å². The van der Waals surface area contributed by atoms with Crippen molar-refractivity contribution in [3.63, 3.8) is 0 Å². The zero-order chi connectivity index (χ0) is 11.1. The summed E-state index contributed by atoms with van der Waals surface area (Å²) in [5, 5.41) is 0. The minimum atomic E-state index is 0.344. The van der Waals surface area contributed by atoms with Gasteiger partial charge in [-0.2, -0.15) is 11.8 Å². The van der Waals surface area contributed by atoms with Gasteiger partial charge < -0.3 is 9.80 Å². The summed E-state index contributed by atoms with van der Waals surface area (Å²) in [7, 11) is 2.19. The van der Waals surface area contributed by atoms with E-state index in [0.717, 1.165) is 24.6 Å². The molecule has 0 radical (unpaired) electrons. The lowest BCUT2D eigenvalue weighted by atomic mass is 9.90. The number of likely N-dealkylation sites (tertiary alicyclic amines) is 1. The Labute approximate surface area is 102 Å². The Hall–Kier alpha value is -0.220. The number of carbonyl (C=O) groups is 1. The van der Waals surface area contributed by atoms with E-state index in [1.165, 1.54) is 19.3 Å². The minimum Gasteiger partial charge on any atom is -0.334 e. The van der Waals surface area contributed by atoms with Crippen LogP contribution in [0.2, 0.25) is 0 Å². The van der Waals surface area contributed by atoms with E-state index >= 15 is 0 Å². The maximum Gasteiger partial charge on any atom is 0.227 e. The SMILES string of the molecule is CN1CC2CCCC(C1)N2C(=O)C1CSC1. The van der Waals surface area contributed by atoms with Crippen molar-refractivity contribution in [2.45, 2.75) is 31.3 Å².